The second-order valence-electron chi connectivity index (χ2n) is 9.02. The lowest BCUT2D eigenvalue weighted by Gasteiger charge is -2.32. The lowest BCUT2D eigenvalue weighted by molar-refractivity contribution is -0.131. The lowest BCUT2D eigenvalue weighted by atomic mass is 9.85. The normalized spacial score (nSPS) is 15.1. The van der Waals surface area contributed by atoms with Crippen LogP contribution in [0.3, 0.4) is 0 Å². The van der Waals surface area contributed by atoms with Crippen LogP contribution in [-0.4, -0.2) is 42.5 Å². The number of hydrogen-bond acceptors (Lipinski definition) is 4. The fraction of sp³-hybridized carbons (Fsp3) is 0.500. The van der Waals surface area contributed by atoms with Crippen LogP contribution in [0.4, 0.5) is 0 Å². The van der Waals surface area contributed by atoms with Crippen LogP contribution in [0.5, 0.6) is 5.75 Å². The molecule has 1 N–H and O–H groups in total. The van der Waals surface area contributed by atoms with Gasteiger partial charge in [-0.1, -0.05) is 44.5 Å². The van der Waals surface area contributed by atoms with Crippen LogP contribution >= 0.6 is 11.3 Å². The molecule has 1 saturated heterocycles. The van der Waals surface area contributed by atoms with Gasteiger partial charge in [-0.15, -0.1) is 11.3 Å². The molecule has 3 rings (SSSR count). The van der Waals surface area contributed by atoms with E-state index in [0.29, 0.717) is 19.5 Å². The van der Waals surface area contributed by atoms with E-state index in [1.54, 1.807) is 11.3 Å². The standard InChI is InChI=1S/C24H32N2O3S/c1-17-7-8-21(20(14-17)24(2,3)4)29-16-22(27)25-18-9-11-26(12-10-18)23(28)15-19-6-5-13-30-19/h5-8,13-14,18H,9-12,15-16H2,1-4H3,(H,25,27). The lowest BCUT2D eigenvalue weighted by Crippen LogP contribution is -2.47. The fourth-order valence-electron chi connectivity index (χ4n) is 3.72. The number of aryl methyl sites for hydroxylation is 1. The van der Waals surface area contributed by atoms with E-state index in [4.69, 9.17) is 4.74 Å². The molecule has 0 bridgehead atoms. The molecule has 2 aromatic rings. The Balaban J connectivity index is 1.45. The van der Waals surface area contributed by atoms with Crippen molar-refractivity contribution in [1.82, 2.24) is 10.2 Å². The van der Waals surface area contributed by atoms with Gasteiger partial charge >= 0.3 is 0 Å². The van der Waals surface area contributed by atoms with Gasteiger partial charge in [-0.2, -0.15) is 0 Å². The van der Waals surface area contributed by atoms with Gasteiger partial charge in [0.1, 0.15) is 5.75 Å². The molecule has 6 heteroatoms. The van der Waals surface area contributed by atoms with Crippen LogP contribution in [0.2, 0.25) is 0 Å². The van der Waals surface area contributed by atoms with Crippen LogP contribution in [-0.2, 0) is 21.4 Å². The second kappa shape index (κ2) is 9.65. The molecule has 2 amide bonds. The molecular formula is C24H32N2O3S. The average Bonchev–Trinajstić information content (AvgIpc) is 3.20. The van der Waals surface area contributed by atoms with Crippen LogP contribution in [0.15, 0.2) is 35.7 Å². The molecule has 0 radical (unpaired) electrons. The van der Waals surface area contributed by atoms with Crippen molar-refractivity contribution < 1.29 is 14.3 Å². The molecule has 5 nitrogen and oxygen atoms in total. The number of ether oxygens (including phenoxy) is 1. The zero-order valence-electron chi connectivity index (χ0n) is 18.4. The Kier molecular flexibility index (Phi) is 7.19. The van der Waals surface area contributed by atoms with Gasteiger partial charge in [0.25, 0.3) is 5.91 Å². The van der Waals surface area contributed by atoms with E-state index in [0.717, 1.165) is 29.0 Å². The van der Waals surface area contributed by atoms with Crippen molar-refractivity contribution in [2.45, 2.75) is 58.4 Å². The molecule has 1 aliphatic rings. The van der Waals surface area contributed by atoms with Gasteiger partial charge in [0.2, 0.25) is 5.91 Å². The first-order chi connectivity index (χ1) is 14.2. The number of piperidine rings is 1. The Morgan fingerprint density at radius 2 is 1.93 bits per heavy atom. The number of likely N-dealkylation sites (tertiary alicyclic amines) is 1. The summed E-state index contributed by atoms with van der Waals surface area (Å²) in [4.78, 5) is 27.8. The van der Waals surface area contributed by atoms with E-state index in [2.05, 4.69) is 39.1 Å². The molecule has 30 heavy (non-hydrogen) atoms. The molecule has 162 valence electrons. The Morgan fingerprint density at radius 1 is 1.20 bits per heavy atom. The number of hydrogen-bond donors (Lipinski definition) is 1. The van der Waals surface area contributed by atoms with E-state index in [9.17, 15) is 9.59 Å². The first kappa shape index (κ1) is 22.3. The van der Waals surface area contributed by atoms with Crippen LogP contribution < -0.4 is 10.1 Å². The molecule has 1 aliphatic heterocycles. The number of thiophene rings is 1. The van der Waals surface area contributed by atoms with E-state index in [1.807, 2.05) is 34.5 Å². The van der Waals surface area contributed by atoms with Gasteiger partial charge in [0.15, 0.2) is 6.61 Å². The number of carbonyl (C=O) groups excluding carboxylic acids is 2. The Bertz CT molecular complexity index is 863. The predicted molar refractivity (Wildman–Crippen MR) is 121 cm³/mol. The first-order valence-corrected chi connectivity index (χ1v) is 11.4. The number of rotatable bonds is 6. The van der Waals surface area contributed by atoms with Gasteiger partial charge in [0.05, 0.1) is 6.42 Å². The molecule has 1 aromatic heterocycles. The SMILES string of the molecule is Cc1ccc(OCC(=O)NC2CCN(C(=O)Cc3cccs3)CC2)c(C(C)(C)C)c1. The Morgan fingerprint density at radius 3 is 2.57 bits per heavy atom. The van der Waals surface area contributed by atoms with Crippen LogP contribution in [0.1, 0.15) is 49.6 Å². The Labute approximate surface area is 183 Å². The zero-order chi connectivity index (χ0) is 21.7. The maximum atomic E-state index is 12.4. The van der Waals surface area contributed by atoms with Crippen molar-refractivity contribution in [1.29, 1.82) is 0 Å². The van der Waals surface area contributed by atoms with Gasteiger partial charge < -0.3 is 15.0 Å². The summed E-state index contributed by atoms with van der Waals surface area (Å²) < 4.78 is 5.86. The van der Waals surface area contributed by atoms with Crippen LogP contribution in [0.25, 0.3) is 0 Å². The molecule has 0 aliphatic carbocycles. The summed E-state index contributed by atoms with van der Waals surface area (Å²) in [5.74, 6) is 0.815. The third-order valence-electron chi connectivity index (χ3n) is 5.42. The monoisotopic (exact) mass is 428 g/mol. The minimum Gasteiger partial charge on any atom is -0.483 e. The van der Waals surface area contributed by atoms with E-state index in [1.165, 1.54) is 5.56 Å². The summed E-state index contributed by atoms with van der Waals surface area (Å²) in [6.45, 7) is 9.85. The van der Waals surface area contributed by atoms with Gasteiger partial charge in [0, 0.05) is 24.0 Å². The third kappa shape index (κ3) is 6.08. The molecule has 2 heterocycles. The quantitative estimate of drug-likeness (QED) is 0.754. The summed E-state index contributed by atoms with van der Waals surface area (Å²) in [6, 6.07) is 10.1. The summed E-state index contributed by atoms with van der Waals surface area (Å²) in [5, 5.41) is 5.06. The van der Waals surface area contributed by atoms with E-state index >= 15 is 0 Å². The highest BCUT2D eigenvalue weighted by molar-refractivity contribution is 7.10. The van der Waals surface area contributed by atoms with Crippen molar-refractivity contribution in [3.63, 3.8) is 0 Å². The van der Waals surface area contributed by atoms with E-state index in [-0.39, 0.29) is 29.9 Å². The highest BCUT2D eigenvalue weighted by Crippen LogP contribution is 2.32. The summed E-state index contributed by atoms with van der Waals surface area (Å²) in [5.41, 5.74) is 2.23. The number of amides is 2. The molecular weight excluding hydrogens is 396 g/mol. The van der Waals surface area contributed by atoms with Crippen molar-refractivity contribution >= 4 is 23.2 Å². The van der Waals surface area contributed by atoms with E-state index < -0.39 is 0 Å². The molecule has 0 saturated carbocycles. The maximum Gasteiger partial charge on any atom is 0.258 e. The number of nitrogens with one attached hydrogen (secondary N) is 1. The summed E-state index contributed by atoms with van der Waals surface area (Å²) >= 11 is 1.61. The number of benzene rings is 1. The average molecular weight is 429 g/mol. The van der Waals surface area contributed by atoms with Crippen molar-refractivity contribution in [2.75, 3.05) is 19.7 Å². The molecule has 0 spiro atoms. The third-order valence-corrected chi connectivity index (χ3v) is 6.30. The molecule has 0 atom stereocenters. The molecule has 1 aromatic carbocycles. The summed E-state index contributed by atoms with van der Waals surface area (Å²) in [6.07, 6.45) is 2.02. The van der Waals surface area contributed by atoms with Crippen molar-refractivity contribution in [2.24, 2.45) is 0 Å². The van der Waals surface area contributed by atoms with Crippen molar-refractivity contribution in [3.8, 4) is 5.75 Å². The molecule has 0 unspecified atom stereocenters. The highest BCUT2D eigenvalue weighted by Gasteiger charge is 2.25. The summed E-state index contributed by atoms with van der Waals surface area (Å²) in [7, 11) is 0. The van der Waals surface area contributed by atoms with Gasteiger partial charge in [-0.05, 0) is 48.3 Å². The zero-order valence-corrected chi connectivity index (χ0v) is 19.2. The number of carbonyl (C=O) groups is 2. The largest absolute Gasteiger partial charge is 0.483 e. The fourth-order valence-corrected chi connectivity index (χ4v) is 4.41. The first-order valence-electron chi connectivity index (χ1n) is 10.6. The highest BCUT2D eigenvalue weighted by atomic mass is 32.1. The number of nitrogens with zero attached hydrogens (tertiary/aromatic N) is 1. The minimum absolute atomic E-state index is 0.00363. The second-order valence-corrected chi connectivity index (χ2v) is 10.0. The topological polar surface area (TPSA) is 58.6 Å². The van der Waals surface area contributed by atoms with Gasteiger partial charge in [-0.25, -0.2) is 0 Å². The minimum atomic E-state index is -0.112. The predicted octanol–water partition coefficient (Wildman–Crippen LogP) is 4.08. The smallest absolute Gasteiger partial charge is 0.258 e. The van der Waals surface area contributed by atoms with Gasteiger partial charge in [-0.3, -0.25) is 9.59 Å². The Hall–Kier alpha value is -2.34. The van der Waals surface area contributed by atoms with Crippen LogP contribution in [0, 0.1) is 6.92 Å². The maximum absolute atomic E-state index is 12.4. The molecule has 1 fully saturated rings. The van der Waals surface area contributed by atoms with Crippen molar-refractivity contribution in [3.05, 3.63) is 51.7 Å².